The molecule has 7 nitrogen and oxygen atoms in total. The van der Waals surface area contributed by atoms with Gasteiger partial charge in [0.25, 0.3) is 5.91 Å². The van der Waals surface area contributed by atoms with Gasteiger partial charge in [-0.2, -0.15) is 0 Å². The molecule has 0 unspecified atom stereocenters. The zero-order chi connectivity index (χ0) is 20.1. The average Bonchev–Trinajstić information content (AvgIpc) is 2.69. The van der Waals surface area contributed by atoms with Crippen molar-refractivity contribution in [1.29, 1.82) is 0 Å². The predicted octanol–water partition coefficient (Wildman–Crippen LogP) is 2.73. The number of hydrogen-bond acceptors (Lipinski definition) is 5. The van der Waals surface area contributed by atoms with Crippen molar-refractivity contribution in [2.75, 3.05) is 43.1 Å². The summed E-state index contributed by atoms with van der Waals surface area (Å²) >= 11 is 6.39. The van der Waals surface area contributed by atoms with E-state index in [1.165, 1.54) is 12.1 Å². The Morgan fingerprint density at radius 1 is 1.18 bits per heavy atom. The van der Waals surface area contributed by atoms with Gasteiger partial charge in [0, 0.05) is 25.2 Å². The van der Waals surface area contributed by atoms with Crippen molar-refractivity contribution in [3.05, 3.63) is 53.1 Å². The molecule has 1 aliphatic heterocycles. The highest BCUT2D eigenvalue weighted by Crippen LogP contribution is 2.34. The quantitative estimate of drug-likeness (QED) is 0.745. The molecule has 0 bridgehead atoms. The van der Waals surface area contributed by atoms with Crippen LogP contribution in [-0.4, -0.2) is 47.2 Å². The summed E-state index contributed by atoms with van der Waals surface area (Å²) in [5, 5.41) is 3.39. The standard InChI is InChI=1S/C19H22ClN3O4S/c1-2-21-28(25,26)15-6-3-5-14(13-15)19(24)22-17-8-4-7-16(20)18(17)23-9-11-27-12-10-23/h3-8,13,21H,2,9-12H2,1H3,(H,22,24). The van der Waals surface area contributed by atoms with E-state index in [0.29, 0.717) is 37.0 Å². The van der Waals surface area contributed by atoms with E-state index in [1.54, 1.807) is 37.3 Å². The summed E-state index contributed by atoms with van der Waals surface area (Å²) in [4.78, 5) is 14.9. The van der Waals surface area contributed by atoms with E-state index < -0.39 is 15.9 Å². The third-order valence-electron chi connectivity index (χ3n) is 4.30. The second-order valence-electron chi connectivity index (χ2n) is 6.22. The minimum atomic E-state index is -3.64. The maximum absolute atomic E-state index is 12.8. The van der Waals surface area contributed by atoms with E-state index in [-0.39, 0.29) is 17.0 Å². The smallest absolute Gasteiger partial charge is 0.255 e. The third-order valence-corrected chi connectivity index (χ3v) is 6.15. The first-order valence-electron chi connectivity index (χ1n) is 8.94. The average molecular weight is 424 g/mol. The van der Waals surface area contributed by atoms with Gasteiger partial charge in [0.1, 0.15) is 0 Å². The molecule has 1 heterocycles. The molecule has 150 valence electrons. The number of rotatable bonds is 6. The SMILES string of the molecule is CCNS(=O)(=O)c1cccc(C(=O)Nc2cccc(Cl)c2N2CCOCC2)c1. The number of carbonyl (C=O) groups excluding carboxylic acids is 1. The first kappa shape index (κ1) is 20.6. The molecule has 0 radical (unpaired) electrons. The summed E-state index contributed by atoms with van der Waals surface area (Å²) in [7, 11) is -3.64. The summed E-state index contributed by atoms with van der Waals surface area (Å²) in [6, 6.07) is 11.2. The number of halogens is 1. The minimum absolute atomic E-state index is 0.0431. The Morgan fingerprint density at radius 3 is 2.61 bits per heavy atom. The monoisotopic (exact) mass is 423 g/mol. The summed E-state index contributed by atoms with van der Waals surface area (Å²) < 4.78 is 32.2. The van der Waals surface area contributed by atoms with Gasteiger partial charge < -0.3 is 15.0 Å². The minimum Gasteiger partial charge on any atom is -0.378 e. The zero-order valence-electron chi connectivity index (χ0n) is 15.4. The van der Waals surface area contributed by atoms with Gasteiger partial charge in [-0.1, -0.05) is 30.7 Å². The fraction of sp³-hybridized carbons (Fsp3) is 0.316. The largest absolute Gasteiger partial charge is 0.378 e. The topological polar surface area (TPSA) is 87.7 Å². The van der Waals surface area contributed by atoms with Crippen molar-refractivity contribution in [1.82, 2.24) is 4.72 Å². The number of ether oxygens (including phenoxy) is 1. The molecule has 28 heavy (non-hydrogen) atoms. The lowest BCUT2D eigenvalue weighted by Gasteiger charge is -2.31. The molecule has 9 heteroatoms. The molecule has 0 aliphatic carbocycles. The maximum atomic E-state index is 12.8. The second-order valence-corrected chi connectivity index (χ2v) is 8.39. The summed E-state index contributed by atoms with van der Waals surface area (Å²) in [5.74, 6) is -0.412. The molecule has 0 spiro atoms. The Bertz CT molecular complexity index is 959. The van der Waals surface area contributed by atoms with Gasteiger partial charge in [0.2, 0.25) is 10.0 Å². The van der Waals surface area contributed by atoms with Gasteiger partial charge in [0.05, 0.1) is 34.5 Å². The van der Waals surface area contributed by atoms with Crippen LogP contribution in [0.4, 0.5) is 11.4 Å². The van der Waals surface area contributed by atoms with Crippen LogP contribution in [0.25, 0.3) is 0 Å². The van der Waals surface area contributed by atoms with Crippen LogP contribution in [0.3, 0.4) is 0 Å². The molecule has 1 amide bonds. The third kappa shape index (κ3) is 4.64. The van der Waals surface area contributed by atoms with Crippen LogP contribution in [-0.2, 0) is 14.8 Å². The predicted molar refractivity (Wildman–Crippen MR) is 110 cm³/mol. The lowest BCUT2D eigenvalue weighted by atomic mass is 10.2. The number of para-hydroxylation sites is 1. The fourth-order valence-electron chi connectivity index (χ4n) is 3.00. The van der Waals surface area contributed by atoms with Crippen molar-refractivity contribution in [2.45, 2.75) is 11.8 Å². The number of amides is 1. The lowest BCUT2D eigenvalue weighted by Crippen LogP contribution is -2.37. The Balaban J connectivity index is 1.87. The number of carbonyl (C=O) groups is 1. The van der Waals surface area contributed by atoms with E-state index in [2.05, 4.69) is 14.9 Å². The van der Waals surface area contributed by atoms with Crippen LogP contribution >= 0.6 is 11.6 Å². The first-order chi connectivity index (χ1) is 13.4. The number of benzene rings is 2. The molecule has 2 N–H and O–H groups in total. The van der Waals surface area contributed by atoms with Crippen molar-refractivity contribution in [2.24, 2.45) is 0 Å². The van der Waals surface area contributed by atoms with Gasteiger partial charge in [-0.05, 0) is 30.3 Å². The van der Waals surface area contributed by atoms with Crippen LogP contribution in [0.1, 0.15) is 17.3 Å². The van der Waals surface area contributed by atoms with Crippen LogP contribution in [0, 0.1) is 0 Å². The molecule has 1 saturated heterocycles. The molecular formula is C19H22ClN3O4S. The Kier molecular flexibility index (Phi) is 6.56. The number of sulfonamides is 1. The van der Waals surface area contributed by atoms with Gasteiger partial charge in [-0.3, -0.25) is 4.79 Å². The van der Waals surface area contributed by atoms with E-state index >= 15 is 0 Å². The number of nitrogens with zero attached hydrogens (tertiary/aromatic N) is 1. The fourth-order valence-corrected chi connectivity index (χ4v) is 4.38. The molecule has 2 aromatic carbocycles. The Morgan fingerprint density at radius 2 is 1.89 bits per heavy atom. The molecule has 0 saturated carbocycles. The summed E-state index contributed by atoms with van der Waals surface area (Å²) in [6.07, 6.45) is 0. The van der Waals surface area contributed by atoms with E-state index in [4.69, 9.17) is 16.3 Å². The van der Waals surface area contributed by atoms with Crippen molar-refractivity contribution >= 4 is 38.9 Å². The van der Waals surface area contributed by atoms with E-state index in [1.807, 2.05) is 0 Å². The van der Waals surface area contributed by atoms with Crippen LogP contribution in [0.15, 0.2) is 47.4 Å². The highest BCUT2D eigenvalue weighted by molar-refractivity contribution is 7.89. The van der Waals surface area contributed by atoms with Gasteiger partial charge >= 0.3 is 0 Å². The van der Waals surface area contributed by atoms with Crippen LogP contribution < -0.4 is 14.9 Å². The molecule has 1 fully saturated rings. The van der Waals surface area contributed by atoms with Gasteiger partial charge in [0.15, 0.2) is 0 Å². The zero-order valence-corrected chi connectivity index (χ0v) is 17.0. The highest BCUT2D eigenvalue weighted by Gasteiger charge is 2.20. The number of hydrogen-bond donors (Lipinski definition) is 2. The second kappa shape index (κ2) is 8.91. The van der Waals surface area contributed by atoms with Gasteiger partial charge in [-0.15, -0.1) is 0 Å². The van der Waals surface area contributed by atoms with Crippen molar-refractivity contribution in [3.63, 3.8) is 0 Å². The van der Waals surface area contributed by atoms with E-state index in [0.717, 1.165) is 5.69 Å². The summed E-state index contributed by atoms with van der Waals surface area (Å²) in [5.41, 5.74) is 1.54. The van der Waals surface area contributed by atoms with E-state index in [9.17, 15) is 13.2 Å². The van der Waals surface area contributed by atoms with Crippen LogP contribution in [0.2, 0.25) is 5.02 Å². The first-order valence-corrected chi connectivity index (χ1v) is 10.8. The maximum Gasteiger partial charge on any atom is 0.255 e. The number of morpholine rings is 1. The Hall–Kier alpha value is -2.13. The molecule has 1 aliphatic rings. The van der Waals surface area contributed by atoms with Crippen molar-refractivity contribution < 1.29 is 17.9 Å². The molecule has 3 rings (SSSR count). The normalized spacial score (nSPS) is 14.7. The highest BCUT2D eigenvalue weighted by atomic mass is 35.5. The summed E-state index contributed by atoms with van der Waals surface area (Å²) in [6.45, 7) is 4.47. The molecule has 0 aromatic heterocycles. The number of nitrogens with one attached hydrogen (secondary N) is 2. The number of anilines is 2. The lowest BCUT2D eigenvalue weighted by molar-refractivity contribution is 0.102. The van der Waals surface area contributed by atoms with Gasteiger partial charge in [-0.25, -0.2) is 13.1 Å². The Labute approximate surface area is 169 Å². The molecule has 2 aromatic rings. The van der Waals surface area contributed by atoms with Crippen LogP contribution in [0.5, 0.6) is 0 Å². The molecule has 0 atom stereocenters. The van der Waals surface area contributed by atoms with Crippen molar-refractivity contribution in [3.8, 4) is 0 Å². The molecular weight excluding hydrogens is 402 g/mol.